The highest BCUT2D eigenvalue weighted by molar-refractivity contribution is 6.57. The lowest BCUT2D eigenvalue weighted by atomic mass is 9.91. The molecule has 0 spiro atoms. The van der Waals surface area contributed by atoms with Crippen molar-refractivity contribution in [2.75, 3.05) is 0 Å². The van der Waals surface area contributed by atoms with Crippen molar-refractivity contribution in [1.29, 1.82) is 5.26 Å². The molecule has 0 aliphatic rings. The Morgan fingerprint density at radius 2 is 2.07 bits per heavy atom. The molecule has 0 atom stereocenters. The zero-order valence-corrected chi connectivity index (χ0v) is 7.88. The lowest BCUT2D eigenvalue weighted by Gasteiger charge is -2.18. The predicted molar refractivity (Wildman–Crippen MR) is 49.2 cm³/mol. The van der Waals surface area contributed by atoms with Crippen LogP contribution in [-0.4, -0.2) is 11.5 Å². The highest BCUT2D eigenvalue weighted by Crippen LogP contribution is 2.12. The summed E-state index contributed by atoms with van der Waals surface area (Å²) >= 11 is 0. The third-order valence-electron chi connectivity index (χ3n) is 1.96. The molecule has 1 rings (SSSR count). The Balaban J connectivity index is 3.30. The van der Waals surface area contributed by atoms with Gasteiger partial charge >= 0.3 is 6.98 Å². The van der Waals surface area contributed by atoms with Crippen molar-refractivity contribution in [3.8, 4) is 6.07 Å². The fourth-order valence-corrected chi connectivity index (χ4v) is 1.23. The first-order chi connectivity index (χ1) is 6.85. The SMILES string of the molecule is Cc1c(C#N)ccc(=O)n1C[B-](F)(F)F. The third kappa shape index (κ3) is 2.62. The first-order valence-electron chi connectivity index (χ1n) is 4.16. The van der Waals surface area contributed by atoms with Crippen LogP contribution in [0.1, 0.15) is 11.3 Å². The normalized spacial score (nSPS) is 11.1. The summed E-state index contributed by atoms with van der Waals surface area (Å²) < 4.78 is 37.0. The van der Waals surface area contributed by atoms with E-state index in [9.17, 15) is 17.7 Å². The molecule has 0 saturated carbocycles. The summed E-state index contributed by atoms with van der Waals surface area (Å²) in [4.78, 5) is 11.1. The molecule has 0 radical (unpaired) electrons. The molecule has 1 aromatic rings. The Labute approximate surface area is 83.8 Å². The maximum absolute atomic E-state index is 12.2. The number of nitrogens with zero attached hydrogens (tertiary/aromatic N) is 2. The topological polar surface area (TPSA) is 45.8 Å². The lowest BCUT2D eigenvalue weighted by Crippen LogP contribution is -2.33. The molecule has 80 valence electrons. The second-order valence-electron chi connectivity index (χ2n) is 3.10. The summed E-state index contributed by atoms with van der Waals surface area (Å²) in [6, 6.07) is 3.91. The van der Waals surface area contributed by atoms with E-state index in [0.29, 0.717) is 4.57 Å². The Bertz CT molecular complexity index is 472. The smallest absolute Gasteiger partial charge is 0.448 e. The van der Waals surface area contributed by atoms with Crippen molar-refractivity contribution in [1.82, 2.24) is 4.57 Å². The molecule has 1 heterocycles. The third-order valence-corrected chi connectivity index (χ3v) is 1.96. The molecule has 0 aromatic carbocycles. The van der Waals surface area contributed by atoms with Crippen LogP contribution in [0.3, 0.4) is 0 Å². The van der Waals surface area contributed by atoms with E-state index < -0.39 is 19.0 Å². The first kappa shape index (κ1) is 11.4. The van der Waals surface area contributed by atoms with Crippen LogP contribution in [0.2, 0.25) is 0 Å². The lowest BCUT2D eigenvalue weighted by molar-refractivity contribution is 0.440. The van der Waals surface area contributed by atoms with E-state index in [-0.39, 0.29) is 11.3 Å². The molecule has 0 amide bonds. The molecule has 0 aliphatic heterocycles. The number of rotatable bonds is 2. The minimum absolute atomic E-state index is 0.0456. The van der Waals surface area contributed by atoms with Gasteiger partial charge in [-0.15, -0.1) is 0 Å². The summed E-state index contributed by atoms with van der Waals surface area (Å²) in [6.45, 7) is -3.77. The predicted octanol–water partition coefficient (Wildman–Crippen LogP) is 1.42. The molecule has 7 heteroatoms. The van der Waals surface area contributed by atoms with Crippen LogP contribution < -0.4 is 5.56 Å². The number of pyridine rings is 1. The van der Waals surface area contributed by atoms with Crippen LogP contribution in [0.25, 0.3) is 0 Å². The first-order valence-corrected chi connectivity index (χ1v) is 4.16. The molecule has 0 unspecified atom stereocenters. The molecule has 0 aliphatic carbocycles. The van der Waals surface area contributed by atoms with Crippen LogP contribution >= 0.6 is 0 Å². The molecule has 1 aromatic heterocycles. The second-order valence-corrected chi connectivity index (χ2v) is 3.10. The molecule has 3 nitrogen and oxygen atoms in total. The minimum atomic E-state index is -5.09. The van der Waals surface area contributed by atoms with E-state index in [1.807, 2.05) is 0 Å². The van der Waals surface area contributed by atoms with Crippen molar-refractivity contribution in [3.63, 3.8) is 0 Å². The highest BCUT2D eigenvalue weighted by Gasteiger charge is 2.25. The van der Waals surface area contributed by atoms with Gasteiger partial charge in [0, 0.05) is 11.8 Å². The van der Waals surface area contributed by atoms with Gasteiger partial charge in [-0.2, -0.15) is 5.26 Å². The number of hydrogen-bond acceptors (Lipinski definition) is 2. The Hall–Kier alpha value is -1.71. The summed E-state index contributed by atoms with van der Waals surface area (Å²) in [6.07, 6.45) is -1.31. The second kappa shape index (κ2) is 3.81. The zero-order valence-electron chi connectivity index (χ0n) is 7.88. The van der Waals surface area contributed by atoms with Gasteiger partial charge < -0.3 is 17.5 Å². The number of nitriles is 1. The van der Waals surface area contributed by atoms with E-state index in [2.05, 4.69) is 0 Å². The summed E-state index contributed by atoms with van der Waals surface area (Å²) in [5, 5.41) is 8.59. The fraction of sp³-hybridized carbons (Fsp3) is 0.250. The van der Waals surface area contributed by atoms with Crippen LogP contribution in [0, 0.1) is 18.3 Å². The summed E-state index contributed by atoms with van der Waals surface area (Å²) in [5.41, 5.74) is -0.621. The van der Waals surface area contributed by atoms with Crippen molar-refractivity contribution in [2.45, 2.75) is 13.4 Å². The van der Waals surface area contributed by atoms with Crippen molar-refractivity contribution < 1.29 is 12.9 Å². The van der Waals surface area contributed by atoms with Gasteiger partial charge in [0.05, 0.1) is 5.56 Å². The molecule has 0 bridgehead atoms. The van der Waals surface area contributed by atoms with Gasteiger partial charge in [-0.25, -0.2) is 0 Å². The molecular weight excluding hydrogens is 208 g/mol. The van der Waals surface area contributed by atoms with E-state index in [1.54, 1.807) is 6.07 Å². The molecule has 0 N–H and O–H groups in total. The monoisotopic (exact) mass is 215 g/mol. The maximum atomic E-state index is 12.2. The van der Waals surface area contributed by atoms with Gasteiger partial charge in [-0.05, 0) is 19.4 Å². The van der Waals surface area contributed by atoms with Crippen molar-refractivity contribution >= 4 is 6.98 Å². The maximum Gasteiger partial charge on any atom is 0.497 e. The van der Waals surface area contributed by atoms with Crippen LogP contribution in [0.4, 0.5) is 12.9 Å². The van der Waals surface area contributed by atoms with E-state index in [1.165, 1.54) is 13.0 Å². The number of aromatic nitrogens is 1. The van der Waals surface area contributed by atoms with Gasteiger partial charge in [0.25, 0.3) is 0 Å². The Morgan fingerprint density at radius 1 is 1.47 bits per heavy atom. The number of halogens is 3. The Kier molecular flexibility index (Phi) is 2.89. The number of hydrogen-bond donors (Lipinski definition) is 0. The highest BCUT2D eigenvalue weighted by atomic mass is 19.4. The van der Waals surface area contributed by atoms with Gasteiger partial charge in [0.1, 0.15) is 6.07 Å². The standard InChI is InChI=1S/C8H7BF3N2O/c1-6-7(4-13)2-3-8(15)14(6)5-9(10,11)12/h2-3H,5H2,1H3/q-1. The average molecular weight is 215 g/mol. The molecule has 15 heavy (non-hydrogen) atoms. The van der Waals surface area contributed by atoms with Gasteiger partial charge in [-0.3, -0.25) is 4.79 Å². The van der Waals surface area contributed by atoms with E-state index >= 15 is 0 Å². The van der Waals surface area contributed by atoms with Crippen LogP contribution in [-0.2, 0) is 6.44 Å². The summed E-state index contributed by atoms with van der Waals surface area (Å²) in [5.74, 6) is 0. The van der Waals surface area contributed by atoms with Gasteiger partial charge in [0.2, 0.25) is 5.56 Å². The van der Waals surface area contributed by atoms with E-state index in [0.717, 1.165) is 6.07 Å². The van der Waals surface area contributed by atoms with Gasteiger partial charge in [-0.1, -0.05) is 0 Å². The minimum Gasteiger partial charge on any atom is -0.448 e. The fourth-order valence-electron chi connectivity index (χ4n) is 1.23. The Morgan fingerprint density at radius 3 is 2.53 bits per heavy atom. The van der Waals surface area contributed by atoms with Crippen molar-refractivity contribution in [3.05, 3.63) is 33.7 Å². The molecule has 0 fully saturated rings. The zero-order chi connectivity index (χ0) is 11.6. The average Bonchev–Trinajstić information content (AvgIpc) is 2.11. The van der Waals surface area contributed by atoms with Crippen LogP contribution in [0.5, 0.6) is 0 Å². The molecule has 0 saturated heterocycles. The molecular formula is C8H7BF3N2O-. The van der Waals surface area contributed by atoms with Crippen LogP contribution in [0.15, 0.2) is 16.9 Å². The largest absolute Gasteiger partial charge is 0.497 e. The van der Waals surface area contributed by atoms with Gasteiger partial charge in [0.15, 0.2) is 0 Å². The quantitative estimate of drug-likeness (QED) is 0.700. The summed E-state index contributed by atoms with van der Waals surface area (Å²) in [7, 11) is 0. The van der Waals surface area contributed by atoms with E-state index in [4.69, 9.17) is 5.26 Å². The van der Waals surface area contributed by atoms with Crippen molar-refractivity contribution in [2.24, 2.45) is 0 Å².